The van der Waals surface area contributed by atoms with E-state index in [1.165, 1.54) is 0 Å². The molecule has 18 heavy (non-hydrogen) atoms. The number of pyridine rings is 1. The summed E-state index contributed by atoms with van der Waals surface area (Å²) in [6, 6.07) is 6.71. The van der Waals surface area contributed by atoms with Crippen LogP contribution in [-0.4, -0.2) is 55.2 Å². The van der Waals surface area contributed by atoms with Crippen LogP contribution in [0.4, 0.5) is 5.82 Å². The second-order valence-electron chi connectivity index (χ2n) is 4.66. The molecular weight excluding hydrogens is 230 g/mol. The summed E-state index contributed by atoms with van der Waals surface area (Å²) in [5.74, 6) is 1.28. The van der Waals surface area contributed by atoms with Crippen molar-refractivity contribution in [2.45, 2.75) is 0 Å². The van der Waals surface area contributed by atoms with Gasteiger partial charge in [-0.2, -0.15) is 0 Å². The Hall–Kier alpha value is -1.62. The van der Waals surface area contributed by atoms with Gasteiger partial charge in [-0.05, 0) is 18.2 Å². The van der Waals surface area contributed by atoms with Crippen LogP contribution >= 0.6 is 0 Å². The monoisotopic (exact) mass is 246 g/mol. The van der Waals surface area contributed by atoms with Crippen LogP contribution in [0.2, 0.25) is 0 Å². The quantitative estimate of drug-likeness (QED) is 0.746. The average molecular weight is 246 g/mol. The first-order valence-electron chi connectivity index (χ1n) is 6.28. The normalized spacial score (nSPS) is 20.7. The second kappa shape index (κ2) is 4.94. The van der Waals surface area contributed by atoms with E-state index in [2.05, 4.69) is 16.0 Å². The van der Waals surface area contributed by atoms with Gasteiger partial charge in [0, 0.05) is 32.4 Å². The fourth-order valence-corrected chi connectivity index (χ4v) is 2.28. The molecule has 2 aliphatic rings. The number of aromatic nitrogens is 1. The van der Waals surface area contributed by atoms with E-state index in [0.29, 0.717) is 13.2 Å². The van der Waals surface area contributed by atoms with Gasteiger partial charge in [-0.15, -0.1) is 0 Å². The van der Waals surface area contributed by atoms with Crippen molar-refractivity contribution in [1.82, 2.24) is 9.88 Å². The number of anilines is 1. The molecule has 5 nitrogen and oxygen atoms in total. The van der Waals surface area contributed by atoms with Crippen LogP contribution in [0.15, 0.2) is 18.3 Å². The first-order valence-corrected chi connectivity index (χ1v) is 6.28. The Morgan fingerprint density at radius 1 is 1.33 bits per heavy atom. The number of hydrogen-bond acceptors (Lipinski definition) is 4. The number of ether oxygens (including phenoxy) is 1. The molecule has 3 rings (SSSR count). The average Bonchev–Trinajstić information content (AvgIpc) is 2.38. The van der Waals surface area contributed by atoms with Gasteiger partial charge in [-0.3, -0.25) is 4.79 Å². The number of hydrogen-bond donors (Lipinski definition) is 0. The molecule has 1 aromatic rings. The van der Waals surface area contributed by atoms with Gasteiger partial charge in [0.05, 0.1) is 19.1 Å². The highest BCUT2D eigenvalue weighted by atomic mass is 16.5. The molecule has 95 valence electrons. The van der Waals surface area contributed by atoms with Gasteiger partial charge >= 0.3 is 0 Å². The summed E-state index contributed by atoms with van der Waals surface area (Å²) in [6.07, 6.45) is 1.75. The van der Waals surface area contributed by atoms with Crippen molar-refractivity contribution in [3.8, 4) is 0 Å². The predicted molar refractivity (Wildman–Crippen MR) is 66.2 cm³/mol. The van der Waals surface area contributed by atoms with Crippen LogP contribution in [0.3, 0.4) is 0 Å². The Balaban J connectivity index is 1.56. The van der Waals surface area contributed by atoms with Crippen molar-refractivity contribution in [2.75, 3.05) is 44.3 Å². The fourth-order valence-electron chi connectivity index (χ4n) is 2.28. The Labute approximate surface area is 106 Å². The van der Waals surface area contributed by atoms with Gasteiger partial charge in [-0.1, -0.05) is 0 Å². The topological polar surface area (TPSA) is 45.7 Å². The standard InChI is InChI=1S/C13H16N3O2/c17-13(11-9-18-10-11)16-7-5-15(6-8-16)12-3-1-2-4-14-12/h2-4,11H,5-10H2. The summed E-state index contributed by atoms with van der Waals surface area (Å²) in [4.78, 5) is 20.5. The zero-order chi connectivity index (χ0) is 12.4. The van der Waals surface area contributed by atoms with E-state index in [0.717, 1.165) is 32.0 Å². The lowest BCUT2D eigenvalue weighted by Crippen LogP contribution is -2.53. The van der Waals surface area contributed by atoms with E-state index < -0.39 is 0 Å². The van der Waals surface area contributed by atoms with Crippen molar-refractivity contribution >= 4 is 11.7 Å². The first-order chi connectivity index (χ1) is 8.84. The van der Waals surface area contributed by atoms with Gasteiger partial charge in [0.25, 0.3) is 0 Å². The first kappa shape index (κ1) is 11.5. The summed E-state index contributed by atoms with van der Waals surface area (Å²) >= 11 is 0. The molecular formula is C13H16N3O2. The highest BCUT2D eigenvalue weighted by Gasteiger charge is 2.32. The molecule has 2 fully saturated rings. The number of amides is 1. The number of carbonyl (C=O) groups excluding carboxylic acids is 1. The highest BCUT2D eigenvalue weighted by molar-refractivity contribution is 5.80. The lowest BCUT2D eigenvalue weighted by atomic mass is 10.1. The van der Waals surface area contributed by atoms with E-state index in [1.54, 1.807) is 12.3 Å². The lowest BCUT2D eigenvalue weighted by molar-refractivity contribution is -0.150. The zero-order valence-corrected chi connectivity index (χ0v) is 10.2. The third-order valence-electron chi connectivity index (χ3n) is 3.49. The molecule has 0 spiro atoms. The summed E-state index contributed by atoms with van der Waals surface area (Å²) in [7, 11) is 0. The Kier molecular flexibility index (Phi) is 3.15. The third-order valence-corrected chi connectivity index (χ3v) is 3.49. The van der Waals surface area contributed by atoms with Crippen molar-refractivity contribution in [1.29, 1.82) is 0 Å². The third kappa shape index (κ3) is 2.18. The summed E-state index contributed by atoms with van der Waals surface area (Å²) in [5, 5.41) is 0. The number of piperazine rings is 1. The van der Waals surface area contributed by atoms with Crippen molar-refractivity contribution in [2.24, 2.45) is 5.92 Å². The van der Waals surface area contributed by atoms with Crippen LogP contribution < -0.4 is 4.90 Å². The van der Waals surface area contributed by atoms with E-state index in [9.17, 15) is 4.79 Å². The maximum absolute atomic E-state index is 12.0. The fraction of sp³-hybridized carbons (Fsp3) is 0.538. The van der Waals surface area contributed by atoms with E-state index in [1.807, 2.05) is 11.0 Å². The molecule has 5 heteroatoms. The minimum Gasteiger partial charge on any atom is -0.380 e. The SMILES string of the molecule is O=C(C1COC1)N1CCN(c2c[c]ccn2)CC1. The Morgan fingerprint density at radius 3 is 2.67 bits per heavy atom. The van der Waals surface area contributed by atoms with Crippen LogP contribution in [0.5, 0.6) is 0 Å². The minimum atomic E-state index is 0.0970. The van der Waals surface area contributed by atoms with Gasteiger partial charge in [0.1, 0.15) is 5.82 Å². The number of rotatable bonds is 2. The maximum Gasteiger partial charge on any atom is 0.230 e. The van der Waals surface area contributed by atoms with Gasteiger partial charge < -0.3 is 14.5 Å². The van der Waals surface area contributed by atoms with Crippen molar-refractivity contribution in [3.05, 3.63) is 24.4 Å². The molecule has 1 radical (unpaired) electrons. The number of carbonyl (C=O) groups is 1. The predicted octanol–water partition coefficient (Wildman–Crippen LogP) is 0.177. The second-order valence-corrected chi connectivity index (χ2v) is 4.66. The van der Waals surface area contributed by atoms with Crippen LogP contribution in [0.25, 0.3) is 0 Å². The molecule has 0 saturated carbocycles. The van der Waals surface area contributed by atoms with E-state index in [4.69, 9.17) is 4.74 Å². The van der Waals surface area contributed by atoms with Gasteiger partial charge in [0.15, 0.2) is 0 Å². The number of nitrogens with zero attached hydrogens (tertiary/aromatic N) is 3. The smallest absolute Gasteiger partial charge is 0.230 e. The van der Waals surface area contributed by atoms with Gasteiger partial charge in [0.2, 0.25) is 5.91 Å². The Morgan fingerprint density at radius 2 is 2.11 bits per heavy atom. The van der Waals surface area contributed by atoms with E-state index >= 15 is 0 Å². The molecule has 0 aromatic carbocycles. The molecule has 0 bridgehead atoms. The largest absolute Gasteiger partial charge is 0.380 e. The van der Waals surface area contributed by atoms with E-state index in [-0.39, 0.29) is 11.8 Å². The summed E-state index contributed by atoms with van der Waals surface area (Å²) in [6.45, 7) is 4.40. The molecule has 1 aromatic heterocycles. The summed E-state index contributed by atoms with van der Waals surface area (Å²) in [5.41, 5.74) is 0. The van der Waals surface area contributed by atoms with Crippen molar-refractivity contribution in [3.63, 3.8) is 0 Å². The molecule has 2 saturated heterocycles. The maximum atomic E-state index is 12.0. The summed E-state index contributed by atoms with van der Waals surface area (Å²) < 4.78 is 5.07. The lowest BCUT2D eigenvalue weighted by Gasteiger charge is -2.38. The van der Waals surface area contributed by atoms with Gasteiger partial charge in [-0.25, -0.2) is 4.98 Å². The molecule has 0 N–H and O–H groups in total. The highest BCUT2D eigenvalue weighted by Crippen LogP contribution is 2.17. The molecule has 2 aliphatic heterocycles. The van der Waals surface area contributed by atoms with Crippen molar-refractivity contribution < 1.29 is 9.53 Å². The zero-order valence-electron chi connectivity index (χ0n) is 10.2. The van der Waals surface area contributed by atoms with Crippen LogP contribution in [0.1, 0.15) is 0 Å². The Bertz CT molecular complexity index is 412. The molecule has 0 atom stereocenters. The molecule has 0 unspecified atom stereocenters. The molecule has 1 amide bonds. The van der Waals surface area contributed by atoms with Crippen LogP contribution in [-0.2, 0) is 9.53 Å². The molecule has 3 heterocycles. The van der Waals surface area contributed by atoms with Crippen LogP contribution in [0, 0.1) is 12.0 Å². The minimum absolute atomic E-state index is 0.0970. The molecule has 0 aliphatic carbocycles.